The van der Waals surface area contributed by atoms with Crippen LogP contribution >= 0.6 is 0 Å². The van der Waals surface area contributed by atoms with Gasteiger partial charge in [-0.3, -0.25) is 4.98 Å². The fraction of sp³-hybridized carbons (Fsp3) is 0.0541. The van der Waals surface area contributed by atoms with Crippen molar-refractivity contribution in [2.24, 2.45) is 0 Å². The number of nitrogens with zero attached hydrogens (tertiary/aromatic N) is 1. The first-order valence-corrected chi connectivity index (χ1v) is 13.4. The molecule has 1 heterocycles. The van der Waals surface area contributed by atoms with Gasteiger partial charge in [-0.1, -0.05) is 109 Å². The molecule has 1 atom stereocenters. The minimum Gasteiger partial charge on any atom is -0.256 e. The molecule has 0 bridgehead atoms. The summed E-state index contributed by atoms with van der Waals surface area (Å²) >= 11 is 0. The van der Waals surface area contributed by atoms with Crippen LogP contribution in [0.15, 0.2) is 128 Å². The van der Waals surface area contributed by atoms with Gasteiger partial charge in [0, 0.05) is 11.8 Å². The lowest BCUT2D eigenvalue weighted by atomic mass is 9.70. The molecule has 1 heteroatoms. The maximum Gasteiger partial charge on any atom is 0.0753 e. The van der Waals surface area contributed by atoms with Crippen molar-refractivity contribution in [3.05, 3.63) is 161 Å². The summed E-state index contributed by atoms with van der Waals surface area (Å²) in [6.45, 7) is 0. The number of hydrogen-bond donors (Lipinski definition) is 0. The Labute approximate surface area is 222 Å². The molecule has 3 aliphatic rings. The first kappa shape index (κ1) is 20.3. The maximum atomic E-state index is 4.89. The van der Waals surface area contributed by atoms with Crippen molar-refractivity contribution in [3.63, 3.8) is 0 Å². The van der Waals surface area contributed by atoms with Crippen molar-refractivity contribution in [1.82, 2.24) is 4.98 Å². The van der Waals surface area contributed by atoms with E-state index in [0.29, 0.717) is 0 Å². The molecule has 1 nitrogen and oxygen atoms in total. The van der Waals surface area contributed by atoms with E-state index in [1.807, 2.05) is 6.20 Å². The van der Waals surface area contributed by atoms with Gasteiger partial charge >= 0.3 is 0 Å². The summed E-state index contributed by atoms with van der Waals surface area (Å²) in [5.41, 5.74) is 18.3. The van der Waals surface area contributed by atoms with Crippen LogP contribution < -0.4 is 0 Å². The first-order chi connectivity index (χ1) is 18.9. The van der Waals surface area contributed by atoms with Crippen LogP contribution in [0.3, 0.4) is 0 Å². The summed E-state index contributed by atoms with van der Waals surface area (Å²) in [7, 11) is 0. The van der Waals surface area contributed by atoms with Crippen LogP contribution in [0.2, 0.25) is 0 Å². The second kappa shape index (κ2) is 7.18. The summed E-state index contributed by atoms with van der Waals surface area (Å²) < 4.78 is 0. The van der Waals surface area contributed by atoms with E-state index < -0.39 is 0 Å². The molecule has 38 heavy (non-hydrogen) atoms. The molecule has 0 amide bonds. The lowest BCUT2D eigenvalue weighted by Gasteiger charge is -2.30. The Hall–Kier alpha value is -4.75. The number of hydrogen-bond acceptors (Lipinski definition) is 1. The highest BCUT2D eigenvalue weighted by molar-refractivity contribution is 5.95. The van der Waals surface area contributed by atoms with Gasteiger partial charge in [0.05, 0.1) is 11.1 Å². The van der Waals surface area contributed by atoms with Crippen molar-refractivity contribution in [2.75, 3.05) is 0 Å². The van der Waals surface area contributed by atoms with Crippen LogP contribution in [0.25, 0.3) is 44.6 Å². The molecule has 3 aliphatic carbocycles. The van der Waals surface area contributed by atoms with E-state index in [-0.39, 0.29) is 5.41 Å². The average Bonchev–Trinajstić information content (AvgIpc) is 3.61. The molecular weight excluding hydrogens is 458 g/mol. The molecule has 5 aromatic carbocycles. The zero-order valence-corrected chi connectivity index (χ0v) is 20.8. The number of rotatable bonds is 1. The van der Waals surface area contributed by atoms with Gasteiger partial charge in [0.25, 0.3) is 0 Å². The van der Waals surface area contributed by atoms with Gasteiger partial charge in [0.2, 0.25) is 0 Å². The Morgan fingerprint density at radius 3 is 2.03 bits per heavy atom. The molecule has 176 valence electrons. The standard InChI is InChI=1S/C37H23N/c1-2-10-25-23(9-1)21-30-26(13-7-14-27(25)30)24-18-19-34-31(22-24)28-11-3-5-15-32(28)37(34)33-16-6-4-12-29(33)36-35(37)17-8-20-38-36/h1-20,22H,21H2. The van der Waals surface area contributed by atoms with Crippen LogP contribution in [0.1, 0.15) is 33.4 Å². The van der Waals surface area contributed by atoms with Gasteiger partial charge < -0.3 is 0 Å². The molecule has 0 saturated heterocycles. The van der Waals surface area contributed by atoms with Crippen molar-refractivity contribution in [2.45, 2.75) is 11.8 Å². The van der Waals surface area contributed by atoms with E-state index in [4.69, 9.17) is 4.98 Å². The van der Waals surface area contributed by atoms with E-state index in [2.05, 4.69) is 121 Å². The molecule has 0 fully saturated rings. The van der Waals surface area contributed by atoms with Crippen molar-refractivity contribution in [3.8, 4) is 44.6 Å². The van der Waals surface area contributed by atoms with Gasteiger partial charge in [0.1, 0.15) is 0 Å². The van der Waals surface area contributed by atoms with E-state index >= 15 is 0 Å². The SMILES string of the molecule is c1ccc2c(c1)Cc1c(-c3ccc4c(c3)-c3ccccc3C43c4ccccc4-c4ncccc43)cccc1-2. The van der Waals surface area contributed by atoms with Crippen LogP contribution in [-0.4, -0.2) is 4.98 Å². The van der Waals surface area contributed by atoms with Crippen molar-refractivity contribution >= 4 is 0 Å². The Bertz CT molecular complexity index is 1920. The largest absolute Gasteiger partial charge is 0.256 e. The third-order valence-corrected chi connectivity index (χ3v) is 9.00. The topological polar surface area (TPSA) is 12.9 Å². The molecule has 0 N–H and O–H groups in total. The van der Waals surface area contributed by atoms with E-state index in [9.17, 15) is 0 Å². The second-order valence-corrected chi connectivity index (χ2v) is 10.7. The number of pyridine rings is 1. The zero-order valence-electron chi connectivity index (χ0n) is 20.8. The molecule has 1 aromatic heterocycles. The monoisotopic (exact) mass is 481 g/mol. The smallest absolute Gasteiger partial charge is 0.0753 e. The third-order valence-electron chi connectivity index (χ3n) is 9.00. The van der Waals surface area contributed by atoms with Gasteiger partial charge in [-0.05, 0) is 85.3 Å². The highest BCUT2D eigenvalue weighted by Crippen LogP contribution is 2.62. The van der Waals surface area contributed by atoms with Crippen LogP contribution in [-0.2, 0) is 11.8 Å². The molecular formula is C37H23N. The van der Waals surface area contributed by atoms with Crippen LogP contribution in [0.4, 0.5) is 0 Å². The fourth-order valence-corrected chi connectivity index (χ4v) is 7.54. The van der Waals surface area contributed by atoms with Crippen LogP contribution in [0.5, 0.6) is 0 Å². The lowest BCUT2D eigenvalue weighted by Crippen LogP contribution is -2.25. The van der Waals surface area contributed by atoms with E-state index in [0.717, 1.165) is 12.1 Å². The fourth-order valence-electron chi connectivity index (χ4n) is 7.54. The molecule has 1 spiro atoms. The first-order valence-electron chi connectivity index (χ1n) is 13.4. The molecule has 0 radical (unpaired) electrons. The minimum atomic E-state index is -0.334. The van der Waals surface area contributed by atoms with Gasteiger partial charge in [-0.2, -0.15) is 0 Å². The van der Waals surface area contributed by atoms with E-state index in [1.54, 1.807) is 0 Å². The Morgan fingerprint density at radius 2 is 1.13 bits per heavy atom. The van der Waals surface area contributed by atoms with Crippen molar-refractivity contribution < 1.29 is 0 Å². The summed E-state index contributed by atoms with van der Waals surface area (Å²) in [4.78, 5) is 4.89. The molecule has 0 saturated carbocycles. The second-order valence-electron chi connectivity index (χ2n) is 10.7. The highest BCUT2D eigenvalue weighted by atomic mass is 14.7. The number of fused-ring (bicyclic) bond motifs is 13. The Kier molecular flexibility index (Phi) is 3.84. The highest BCUT2D eigenvalue weighted by Gasteiger charge is 2.52. The zero-order chi connectivity index (χ0) is 24.8. The lowest BCUT2D eigenvalue weighted by molar-refractivity contribution is 0.791. The van der Waals surface area contributed by atoms with Gasteiger partial charge in [-0.25, -0.2) is 0 Å². The molecule has 9 rings (SSSR count). The quantitative estimate of drug-likeness (QED) is 0.229. The maximum absolute atomic E-state index is 4.89. The number of aromatic nitrogens is 1. The predicted molar refractivity (Wildman–Crippen MR) is 154 cm³/mol. The molecule has 6 aromatic rings. The summed E-state index contributed by atoms with van der Waals surface area (Å²) in [5, 5.41) is 0. The van der Waals surface area contributed by atoms with E-state index in [1.165, 1.54) is 72.3 Å². The predicted octanol–water partition coefficient (Wildman–Crippen LogP) is 8.66. The molecule has 0 aliphatic heterocycles. The average molecular weight is 482 g/mol. The van der Waals surface area contributed by atoms with Crippen molar-refractivity contribution in [1.29, 1.82) is 0 Å². The summed E-state index contributed by atoms with van der Waals surface area (Å²) in [6, 6.07) is 45.0. The molecule has 1 unspecified atom stereocenters. The summed E-state index contributed by atoms with van der Waals surface area (Å²) in [6.07, 6.45) is 2.92. The summed E-state index contributed by atoms with van der Waals surface area (Å²) in [5.74, 6) is 0. The Balaban J connectivity index is 1.32. The van der Waals surface area contributed by atoms with Crippen LogP contribution in [0, 0.1) is 0 Å². The van der Waals surface area contributed by atoms with Gasteiger partial charge in [0.15, 0.2) is 0 Å². The normalized spacial score (nSPS) is 16.9. The number of benzene rings is 5. The third kappa shape index (κ3) is 2.35. The Morgan fingerprint density at radius 1 is 0.474 bits per heavy atom. The minimum absolute atomic E-state index is 0.334. The van der Waals surface area contributed by atoms with Gasteiger partial charge in [-0.15, -0.1) is 0 Å².